The van der Waals surface area contributed by atoms with Gasteiger partial charge in [0.15, 0.2) is 0 Å². The highest BCUT2D eigenvalue weighted by Crippen LogP contribution is 2.13. The van der Waals surface area contributed by atoms with Crippen molar-refractivity contribution in [3.8, 4) is 0 Å². The zero-order valence-electron chi connectivity index (χ0n) is 9.72. The third-order valence-corrected chi connectivity index (χ3v) is 2.30. The molecule has 0 aromatic heterocycles. The number of benzene rings is 1. The first-order chi connectivity index (χ1) is 8.06. The van der Waals surface area contributed by atoms with E-state index in [0.29, 0.717) is 24.2 Å². The number of carboxylic acid groups (broad SMARTS) is 1. The Kier molecular flexibility index (Phi) is 4.51. The van der Waals surface area contributed by atoms with Gasteiger partial charge in [-0.1, -0.05) is 19.1 Å². The van der Waals surface area contributed by atoms with Gasteiger partial charge in [-0.15, -0.1) is 0 Å². The zero-order valence-corrected chi connectivity index (χ0v) is 9.72. The lowest BCUT2D eigenvalue weighted by atomic mass is 10.1. The largest absolute Gasteiger partial charge is 0.480 e. The Bertz CT molecular complexity index is 418. The average molecular weight is 236 g/mol. The zero-order chi connectivity index (χ0) is 12.8. The van der Waals surface area contributed by atoms with Crippen LogP contribution in [0.3, 0.4) is 0 Å². The fraction of sp³-hybridized carbons (Fsp3) is 0.333. The molecule has 0 fully saturated rings. The Morgan fingerprint density at radius 3 is 2.53 bits per heavy atom. The lowest BCUT2D eigenvalue weighted by Gasteiger charge is -2.20. The number of hydrogen-bond acceptors (Lipinski definition) is 3. The summed E-state index contributed by atoms with van der Waals surface area (Å²) < 4.78 is 0. The molecule has 0 unspecified atom stereocenters. The standard InChI is InChI=1S/C12H16N2O3/c1-2-7-14(8-11(15)16)12(17)9-5-3-4-6-10(9)13/h3-6H,2,7-8,13H2,1H3,(H,15,16). The number of para-hydroxylation sites is 1. The smallest absolute Gasteiger partial charge is 0.323 e. The number of anilines is 1. The number of carbonyl (C=O) groups is 2. The molecule has 0 spiro atoms. The molecule has 0 heterocycles. The van der Waals surface area contributed by atoms with Crippen molar-refractivity contribution in [2.24, 2.45) is 0 Å². The van der Waals surface area contributed by atoms with Gasteiger partial charge in [0.25, 0.3) is 5.91 Å². The third-order valence-electron chi connectivity index (χ3n) is 2.30. The molecule has 0 aliphatic carbocycles. The number of nitrogen functional groups attached to an aromatic ring is 1. The van der Waals surface area contributed by atoms with Gasteiger partial charge in [0.05, 0.1) is 5.56 Å². The maximum absolute atomic E-state index is 12.1. The van der Waals surface area contributed by atoms with Crippen molar-refractivity contribution in [1.82, 2.24) is 4.90 Å². The number of aliphatic carboxylic acids is 1. The minimum atomic E-state index is -1.03. The second-order valence-electron chi connectivity index (χ2n) is 3.71. The number of hydrogen-bond donors (Lipinski definition) is 2. The number of nitrogens with zero attached hydrogens (tertiary/aromatic N) is 1. The Hall–Kier alpha value is -2.04. The van der Waals surface area contributed by atoms with Gasteiger partial charge < -0.3 is 15.7 Å². The van der Waals surface area contributed by atoms with E-state index < -0.39 is 5.97 Å². The van der Waals surface area contributed by atoms with E-state index in [0.717, 1.165) is 0 Å². The van der Waals surface area contributed by atoms with Crippen LogP contribution in [0.25, 0.3) is 0 Å². The molecule has 0 radical (unpaired) electrons. The fourth-order valence-electron chi connectivity index (χ4n) is 1.55. The van der Waals surface area contributed by atoms with Gasteiger partial charge >= 0.3 is 5.97 Å². The van der Waals surface area contributed by atoms with E-state index in [9.17, 15) is 9.59 Å². The number of carbonyl (C=O) groups excluding carboxylic acids is 1. The Morgan fingerprint density at radius 1 is 1.35 bits per heavy atom. The molecule has 1 rings (SSSR count). The first-order valence-corrected chi connectivity index (χ1v) is 5.41. The van der Waals surface area contributed by atoms with Crippen LogP contribution in [-0.4, -0.2) is 35.0 Å². The number of rotatable bonds is 5. The van der Waals surface area contributed by atoms with Crippen LogP contribution >= 0.6 is 0 Å². The van der Waals surface area contributed by atoms with Crippen LogP contribution < -0.4 is 5.73 Å². The maximum Gasteiger partial charge on any atom is 0.323 e. The summed E-state index contributed by atoms with van der Waals surface area (Å²) >= 11 is 0. The molecule has 1 aromatic carbocycles. The highest BCUT2D eigenvalue weighted by molar-refractivity contribution is 6.00. The molecule has 5 nitrogen and oxygen atoms in total. The highest BCUT2D eigenvalue weighted by Gasteiger charge is 2.19. The summed E-state index contributed by atoms with van der Waals surface area (Å²) in [5.74, 6) is -1.37. The predicted molar refractivity (Wildman–Crippen MR) is 64.7 cm³/mol. The number of amides is 1. The highest BCUT2D eigenvalue weighted by atomic mass is 16.4. The normalized spacial score (nSPS) is 9.94. The molecule has 0 saturated heterocycles. The molecule has 17 heavy (non-hydrogen) atoms. The molecule has 1 amide bonds. The second-order valence-corrected chi connectivity index (χ2v) is 3.71. The van der Waals surface area contributed by atoms with E-state index in [1.54, 1.807) is 24.3 Å². The van der Waals surface area contributed by atoms with Crippen LogP contribution in [0.15, 0.2) is 24.3 Å². The van der Waals surface area contributed by atoms with Crippen LogP contribution in [0, 0.1) is 0 Å². The molecule has 1 aromatic rings. The van der Waals surface area contributed by atoms with Gasteiger partial charge in [-0.25, -0.2) is 0 Å². The van der Waals surface area contributed by atoms with Crippen LogP contribution in [0.1, 0.15) is 23.7 Å². The van der Waals surface area contributed by atoms with Crippen LogP contribution in [0.4, 0.5) is 5.69 Å². The molecule has 3 N–H and O–H groups in total. The fourth-order valence-corrected chi connectivity index (χ4v) is 1.55. The van der Waals surface area contributed by atoms with Crippen molar-refractivity contribution in [1.29, 1.82) is 0 Å². The summed E-state index contributed by atoms with van der Waals surface area (Å²) in [4.78, 5) is 24.0. The summed E-state index contributed by atoms with van der Waals surface area (Å²) in [6.45, 7) is 1.98. The third kappa shape index (κ3) is 3.48. The molecule has 5 heteroatoms. The summed E-state index contributed by atoms with van der Waals surface area (Å²) in [6, 6.07) is 6.66. The Balaban J connectivity index is 2.91. The van der Waals surface area contributed by atoms with Gasteiger partial charge in [-0.3, -0.25) is 9.59 Å². The molecular formula is C12H16N2O3. The van der Waals surface area contributed by atoms with Crippen molar-refractivity contribution in [2.45, 2.75) is 13.3 Å². The van der Waals surface area contributed by atoms with E-state index in [1.165, 1.54) is 4.90 Å². The number of carboxylic acids is 1. The maximum atomic E-state index is 12.1. The molecule has 0 aliphatic heterocycles. The molecule has 0 bridgehead atoms. The summed E-state index contributed by atoms with van der Waals surface area (Å²) in [5, 5.41) is 8.75. The molecule has 0 aliphatic rings. The predicted octanol–water partition coefficient (Wildman–Crippen LogP) is 1.21. The van der Waals surface area contributed by atoms with Gasteiger partial charge in [-0.05, 0) is 18.6 Å². The monoisotopic (exact) mass is 236 g/mol. The number of nitrogens with two attached hydrogens (primary N) is 1. The van der Waals surface area contributed by atoms with Crippen molar-refractivity contribution in [3.05, 3.63) is 29.8 Å². The van der Waals surface area contributed by atoms with E-state index in [1.807, 2.05) is 6.92 Å². The van der Waals surface area contributed by atoms with Crippen LogP contribution in [0.2, 0.25) is 0 Å². The first-order valence-electron chi connectivity index (χ1n) is 5.41. The first kappa shape index (κ1) is 13.0. The van der Waals surface area contributed by atoms with Crippen molar-refractivity contribution in [2.75, 3.05) is 18.8 Å². The molecule has 0 saturated carbocycles. The van der Waals surface area contributed by atoms with Crippen molar-refractivity contribution >= 4 is 17.6 Å². The minimum absolute atomic E-state index is 0.305. The summed E-state index contributed by atoms with van der Waals surface area (Å²) in [5.41, 5.74) is 6.41. The van der Waals surface area contributed by atoms with Gasteiger partial charge in [0.2, 0.25) is 0 Å². The Labute approximate surface area is 99.8 Å². The molecule has 0 atom stereocenters. The van der Waals surface area contributed by atoms with E-state index in [-0.39, 0.29) is 12.5 Å². The Morgan fingerprint density at radius 2 is 2.00 bits per heavy atom. The van der Waals surface area contributed by atoms with Crippen LogP contribution in [0.5, 0.6) is 0 Å². The van der Waals surface area contributed by atoms with E-state index in [2.05, 4.69) is 0 Å². The average Bonchev–Trinajstić information content (AvgIpc) is 2.28. The minimum Gasteiger partial charge on any atom is -0.480 e. The summed E-state index contributed by atoms with van der Waals surface area (Å²) in [7, 11) is 0. The van der Waals surface area contributed by atoms with E-state index >= 15 is 0 Å². The van der Waals surface area contributed by atoms with Gasteiger partial charge in [0.1, 0.15) is 6.54 Å². The molecular weight excluding hydrogens is 220 g/mol. The lowest BCUT2D eigenvalue weighted by Crippen LogP contribution is -2.36. The SMILES string of the molecule is CCCN(CC(=O)O)C(=O)c1ccccc1N. The lowest BCUT2D eigenvalue weighted by molar-refractivity contribution is -0.137. The van der Waals surface area contributed by atoms with Crippen molar-refractivity contribution < 1.29 is 14.7 Å². The van der Waals surface area contributed by atoms with E-state index in [4.69, 9.17) is 10.8 Å². The summed E-state index contributed by atoms with van der Waals surface area (Å²) in [6.07, 6.45) is 0.700. The van der Waals surface area contributed by atoms with Gasteiger partial charge in [-0.2, -0.15) is 0 Å². The topological polar surface area (TPSA) is 83.6 Å². The van der Waals surface area contributed by atoms with Gasteiger partial charge in [0, 0.05) is 12.2 Å². The quantitative estimate of drug-likeness (QED) is 0.752. The molecule has 92 valence electrons. The van der Waals surface area contributed by atoms with Crippen molar-refractivity contribution in [3.63, 3.8) is 0 Å². The van der Waals surface area contributed by atoms with Crippen LogP contribution in [-0.2, 0) is 4.79 Å². The second kappa shape index (κ2) is 5.89.